The highest BCUT2D eigenvalue weighted by Crippen LogP contribution is 2.47. The highest BCUT2D eigenvalue weighted by atomic mass is 127. The highest BCUT2D eigenvalue weighted by Gasteiger charge is 2.43. The molecule has 0 aromatic heterocycles. The number of halogens is 2. The van der Waals surface area contributed by atoms with Crippen molar-refractivity contribution in [3.8, 4) is 0 Å². The van der Waals surface area contributed by atoms with E-state index in [1.165, 1.54) is 12.1 Å². The van der Waals surface area contributed by atoms with E-state index in [4.69, 9.17) is 5.11 Å². The van der Waals surface area contributed by atoms with Gasteiger partial charge in [-0.3, -0.25) is 4.79 Å². The van der Waals surface area contributed by atoms with Crippen molar-refractivity contribution in [2.75, 3.05) is 18.3 Å². The van der Waals surface area contributed by atoms with E-state index in [-0.39, 0.29) is 41.6 Å². The van der Waals surface area contributed by atoms with Gasteiger partial charge in [0.25, 0.3) is 0 Å². The van der Waals surface area contributed by atoms with Crippen LogP contribution in [0.5, 0.6) is 0 Å². The van der Waals surface area contributed by atoms with Gasteiger partial charge in [0.05, 0.1) is 15.9 Å². The topological polar surface area (TPSA) is 54.4 Å². The summed E-state index contributed by atoms with van der Waals surface area (Å²) in [6, 6.07) is 6.05. The lowest BCUT2D eigenvalue weighted by Gasteiger charge is -1.96. The van der Waals surface area contributed by atoms with Crippen LogP contribution in [-0.2, 0) is 18.9 Å². The molecule has 1 aromatic rings. The molecule has 0 radical (unpaired) electrons. The van der Waals surface area contributed by atoms with Crippen LogP contribution in [0.3, 0.4) is 0 Å². The molecule has 1 aromatic carbocycles. The van der Waals surface area contributed by atoms with Gasteiger partial charge in [-0.15, -0.1) is 4.21 Å². The third-order valence-corrected chi connectivity index (χ3v) is 4.49. The summed E-state index contributed by atoms with van der Waals surface area (Å²) in [7, 11) is -1.42. The van der Waals surface area contributed by atoms with E-state index >= 15 is 0 Å². The van der Waals surface area contributed by atoms with Crippen LogP contribution < -0.4 is 24.0 Å². The second-order valence-corrected chi connectivity index (χ2v) is 8.76. The Balaban J connectivity index is 0.000000436. The highest BCUT2D eigenvalue weighted by molar-refractivity contribution is 8.01. The van der Waals surface area contributed by atoms with E-state index in [1.807, 2.05) is 6.92 Å². The molecule has 0 aliphatic heterocycles. The number of carboxylic acid groups (broad SMARTS) is 1. The minimum atomic E-state index is -1.42. The van der Waals surface area contributed by atoms with E-state index in [0.29, 0.717) is 6.42 Å². The lowest BCUT2D eigenvalue weighted by molar-refractivity contribution is -0.138. The van der Waals surface area contributed by atoms with Gasteiger partial charge < -0.3 is 29.1 Å². The largest absolute Gasteiger partial charge is 1.00 e. The molecule has 0 amide bonds. The van der Waals surface area contributed by atoms with Gasteiger partial charge in [-0.1, -0.05) is 19.1 Å². The molecule has 0 spiro atoms. The van der Waals surface area contributed by atoms with Crippen molar-refractivity contribution in [1.82, 2.24) is 0 Å². The number of hydrogen-bond acceptors (Lipinski definition) is 2. The van der Waals surface area contributed by atoms with Crippen LogP contribution in [0.1, 0.15) is 31.2 Å². The lowest BCUT2D eigenvalue weighted by Crippen LogP contribution is -3.00. The second-order valence-electron chi connectivity index (χ2n) is 5.48. The fourth-order valence-corrected chi connectivity index (χ4v) is 3.02. The first-order chi connectivity index (χ1) is 9.24. The zero-order chi connectivity index (χ0) is 15.3. The monoisotopic (exact) mass is 428 g/mol. The molecule has 2 rings (SSSR count). The average Bonchev–Trinajstić information content (AvgIpc) is 3.09. The predicted molar refractivity (Wildman–Crippen MR) is 79.9 cm³/mol. The molecular formula is C15H22FIO3S. The quantitative estimate of drug-likeness (QED) is 0.550. The number of aliphatic carboxylic acids is 1. The Kier molecular flexibility index (Phi) is 8.61. The molecule has 0 unspecified atom stereocenters. The van der Waals surface area contributed by atoms with Crippen LogP contribution in [0.4, 0.5) is 4.39 Å². The van der Waals surface area contributed by atoms with E-state index in [9.17, 15) is 13.4 Å². The Bertz CT molecular complexity index is 498. The Morgan fingerprint density at radius 2 is 1.86 bits per heavy atom. The number of benzene rings is 1. The van der Waals surface area contributed by atoms with Crippen LogP contribution in [0, 0.1) is 11.7 Å². The number of rotatable bonds is 4. The van der Waals surface area contributed by atoms with Crippen molar-refractivity contribution in [1.29, 1.82) is 0 Å². The van der Waals surface area contributed by atoms with Gasteiger partial charge in [-0.25, -0.2) is 4.39 Å². The van der Waals surface area contributed by atoms with Crippen molar-refractivity contribution >= 4 is 15.9 Å². The zero-order valence-corrected chi connectivity index (χ0v) is 15.5. The molecule has 0 heterocycles. The van der Waals surface area contributed by atoms with Crippen LogP contribution in [0.15, 0.2) is 24.3 Å². The Labute approximate surface area is 143 Å². The Hall–Kier alpha value is -0.500. The van der Waals surface area contributed by atoms with Crippen LogP contribution in [0.2, 0.25) is 0 Å². The summed E-state index contributed by atoms with van der Waals surface area (Å²) in [5.41, 5.74) is 0.925. The standard InChI is InChI=1S/C10H9FO2.C5H13OS.HI/c11-7-3-1-6(2-4-7)8-5-9(8)10(12)13;1-4-5-7(2,3)6;/h1-4,8-9H,5H2,(H,12,13);4-5H2,1-3H3;1H/q;+1;/p-1/t8-,9+;;/m0../s1. The second kappa shape index (κ2) is 8.82. The zero-order valence-electron chi connectivity index (χ0n) is 12.5. The molecule has 1 fully saturated rings. The van der Waals surface area contributed by atoms with Gasteiger partial charge >= 0.3 is 5.97 Å². The maximum absolute atomic E-state index is 12.5. The summed E-state index contributed by atoms with van der Waals surface area (Å²) in [6.45, 7) is 2.05. The maximum Gasteiger partial charge on any atom is 0.307 e. The van der Waals surface area contributed by atoms with Gasteiger partial charge in [-0.2, -0.15) is 0 Å². The molecule has 1 aliphatic carbocycles. The first-order valence-corrected chi connectivity index (χ1v) is 9.19. The fourth-order valence-electron chi connectivity index (χ4n) is 2.04. The molecule has 1 aliphatic rings. The minimum absolute atomic E-state index is 0. The third kappa shape index (κ3) is 7.90. The molecule has 0 saturated heterocycles. The van der Waals surface area contributed by atoms with Gasteiger partial charge in [0, 0.05) is 0 Å². The lowest BCUT2D eigenvalue weighted by atomic mass is 10.1. The van der Waals surface area contributed by atoms with Crippen molar-refractivity contribution in [3.63, 3.8) is 0 Å². The van der Waals surface area contributed by atoms with E-state index in [0.717, 1.165) is 17.7 Å². The summed E-state index contributed by atoms with van der Waals surface area (Å²) in [4.78, 5) is 10.5. The molecule has 120 valence electrons. The Morgan fingerprint density at radius 1 is 1.33 bits per heavy atom. The smallest absolute Gasteiger partial charge is 0.307 e. The van der Waals surface area contributed by atoms with Crippen molar-refractivity contribution < 1.29 is 42.5 Å². The average molecular weight is 428 g/mol. The molecule has 0 bridgehead atoms. The summed E-state index contributed by atoms with van der Waals surface area (Å²) in [6.07, 6.45) is 5.32. The van der Waals surface area contributed by atoms with Crippen molar-refractivity contribution in [2.24, 2.45) is 5.92 Å². The third-order valence-electron chi connectivity index (χ3n) is 3.10. The van der Waals surface area contributed by atoms with E-state index in [2.05, 4.69) is 0 Å². The van der Waals surface area contributed by atoms with Gasteiger partial charge in [0.2, 0.25) is 0 Å². The number of carboxylic acids is 1. The summed E-state index contributed by atoms with van der Waals surface area (Å²) in [5.74, 6) is -0.332. The Morgan fingerprint density at radius 3 is 2.14 bits per heavy atom. The van der Waals surface area contributed by atoms with Crippen LogP contribution >= 0.6 is 0 Å². The van der Waals surface area contributed by atoms with Gasteiger partial charge in [-0.05, 0) is 36.5 Å². The van der Waals surface area contributed by atoms with Gasteiger partial charge in [0.15, 0.2) is 0 Å². The van der Waals surface area contributed by atoms with Crippen LogP contribution in [-0.4, -0.2) is 29.3 Å². The maximum atomic E-state index is 12.5. The minimum Gasteiger partial charge on any atom is -1.00 e. The molecule has 2 atom stereocenters. The summed E-state index contributed by atoms with van der Waals surface area (Å²) < 4.78 is 23.3. The van der Waals surface area contributed by atoms with E-state index < -0.39 is 15.9 Å². The summed E-state index contributed by atoms with van der Waals surface area (Å²) >= 11 is 0. The molecule has 21 heavy (non-hydrogen) atoms. The van der Waals surface area contributed by atoms with Gasteiger partial charge in [0.1, 0.15) is 24.1 Å². The fraction of sp³-hybridized carbons (Fsp3) is 0.533. The van der Waals surface area contributed by atoms with E-state index in [1.54, 1.807) is 24.6 Å². The molecule has 3 nitrogen and oxygen atoms in total. The van der Waals surface area contributed by atoms with Crippen molar-refractivity contribution in [2.45, 2.75) is 25.7 Å². The molecular weight excluding hydrogens is 406 g/mol. The molecule has 1 N–H and O–H groups in total. The predicted octanol–water partition coefficient (Wildman–Crippen LogP) is 0.173. The normalized spacial score (nSPS) is 19.8. The molecule has 6 heteroatoms. The van der Waals surface area contributed by atoms with Crippen molar-refractivity contribution in [3.05, 3.63) is 35.6 Å². The number of hydrogen-bond donors (Lipinski definition) is 1. The summed E-state index contributed by atoms with van der Waals surface area (Å²) in [5, 5.41) is 8.67. The van der Waals surface area contributed by atoms with Crippen LogP contribution in [0.25, 0.3) is 0 Å². The number of carbonyl (C=O) groups is 1. The SMILES string of the molecule is CCC[S+](C)(C)=O.O=C(O)[C@@H]1C[C@H]1c1ccc(F)cc1.[I-]. The first kappa shape index (κ1) is 20.5. The first-order valence-electron chi connectivity index (χ1n) is 6.64. The molecule has 1 saturated carbocycles.